The van der Waals surface area contributed by atoms with Crippen molar-refractivity contribution >= 4 is 28.6 Å². The lowest BCUT2D eigenvalue weighted by Crippen LogP contribution is -2.38. The van der Waals surface area contributed by atoms with Crippen LogP contribution in [-0.2, 0) is 4.74 Å². The highest BCUT2D eigenvalue weighted by Gasteiger charge is 2.42. The smallest absolute Gasteiger partial charge is 0.290 e. The monoisotopic (exact) mass is 478 g/mol. The summed E-state index contributed by atoms with van der Waals surface area (Å²) in [6.07, 6.45) is 2.86. The molecule has 1 fully saturated rings. The van der Waals surface area contributed by atoms with Crippen LogP contribution in [0.2, 0.25) is 0 Å². The number of hydrogen-bond acceptors (Lipinski definition) is 6. The number of benzene rings is 2. The molecule has 3 aromatic rings. The van der Waals surface area contributed by atoms with Crippen LogP contribution in [0.3, 0.4) is 0 Å². The van der Waals surface area contributed by atoms with Gasteiger partial charge in [-0.1, -0.05) is 12.1 Å². The first-order chi connectivity index (χ1) is 16.5. The Bertz CT molecular complexity index is 1280. The summed E-state index contributed by atoms with van der Waals surface area (Å²) in [5.41, 5.74) is 3.84. The second-order valence-corrected chi connectivity index (χ2v) is 9.97. The predicted octanol–water partition coefficient (Wildman–Crippen LogP) is 4.40. The number of rotatable bonds is 6. The number of carbonyl (C=O) groups is 1. The minimum Gasteiger partial charge on any atom is -0.450 e. The third-order valence-electron chi connectivity index (χ3n) is 6.99. The molecule has 2 aliphatic heterocycles. The zero-order valence-corrected chi connectivity index (χ0v) is 20.7. The van der Waals surface area contributed by atoms with Gasteiger partial charge in [-0.2, -0.15) is 0 Å². The van der Waals surface area contributed by atoms with Crippen LogP contribution < -0.4 is 5.43 Å². The number of ether oxygens (including phenoxy) is 1. The molecule has 2 aromatic carbocycles. The minimum atomic E-state index is -0.439. The molecule has 1 saturated heterocycles. The SMILES string of the molecule is CSc1ccc(C2c3c(oc4cc(C)c(C)cc4c3=O)C(=O)N2CCCN2CCOCC2)cc1. The summed E-state index contributed by atoms with van der Waals surface area (Å²) in [5, 5.41) is 0.538. The number of morpholine rings is 1. The number of thioether (sulfide) groups is 1. The standard InChI is InChI=1S/C27H30N2O4S/c1-17-15-21-22(16-18(17)2)33-26-23(25(21)30)24(19-5-7-20(34-3)8-6-19)29(27(26)31)10-4-9-28-11-13-32-14-12-28/h5-8,15-16,24H,4,9-14H2,1-3H3. The lowest BCUT2D eigenvalue weighted by molar-refractivity contribution is 0.0353. The van der Waals surface area contributed by atoms with Gasteiger partial charge in [-0.05, 0) is 67.5 Å². The molecule has 0 saturated carbocycles. The fourth-order valence-corrected chi connectivity index (χ4v) is 5.34. The maximum Gasteiger partial charge on any atom is 0.290 e. The van der Waals surface area contributed by atoms with Gasteiger partial charge < -0.3 is 14.1 Å². The molecule has 0 bridgehead atoms. The van der Waals surface area contributed by atoms with Gasteiger partial charge in [0.1, 0.15) is 5.58 Å². The Balaban J connectivity index is 1.55. The molecule has 6 nitrogen and oxygen atoms in total. The topological polar surface area (TPSA) is 63.0 Å². The van der Waals surface area contributed by atoms with E-state index >= 15 is 0 Å². The van der Waals surface area contributed by atoms with E-state index in [-0.39, 0.29) is 17.1 Å². The molecular weight excluding hydrogens is 448 g/mol. The van der Waals surface area contributed by atoms with Gasteiger partial charge in [-0.15, -0.1) is 11.8 Å². The Hall–Kier alpha value is -2.61. The Labute approximate surface area is 203 Å². The molecule has 2 aliphatic rings. The van der Waals surface area contributed by atoms with Crippen molar-refractivity contribution < 1.29 is 13.9 Å². The van der Waals surface area contributed by atoms with Crippen LogP contribution in [0.5, 0.6) is 0 Å². The van der Waals surface area contributed by atoms with E-state index in [0.29, 0.717) is 23.1 Å². The molecule has 0 N–H and O–H groups in total. The second-order valence-electron chi connectivity index (χ2n) is 9.09. The van der Waals surface area contributed by atoms with E-state index in [1.807, 2.05) is 61.4 Å². The quantitative estimate of drug-likeness (QED) is 0.490. The molecule has 5 rings (SSSR count). The van der Waals surface area contributed by atoms with Gasteiger partial charge in [0.05, 0.1) is 30.2 Å². The van der Waals surface area contributed by atoms with Crippen molar-refractivity contribution in [3.63, 3.8) is 0 Å². The summed E-state index contributed by atoms with van der Waals surface area (Å²) in [5.74, 6) is -0.0146. The molecule has 0 aliphatic carbocycles. The van der Waals surface area contributed by atoms with E-state index in [4.69, 9.17) is 9.15 Å². The Morgan fingerprint density at radius 3 is 2.41 bits per heavy atom. The Morgan fingerprint density at radius 2 is 1.71 bits per heavy atom. The van der Waals surface area contributed by atoms with Gasteiger partial charge in [0.25, 0.3) is 5.91 Å². The van der Waals surface area contributed by atoms with Crippen LogP contribution >= 0.6 is 11.8 Å². The number of fused-ring (bicyclic) bond motifs is 2. The largest absolute Gasteiger partial charge is 0.450 e. The predicted molar refractivity (Wildman–Crippen MR) is 135 cm³/mol. The molecule has 0 radical (unpaired) electrons. The fraction of sp³-hybridized carbons (Fsp3) is 0.407. The van der Waals surface area contributed by atoms with Gasteiger partial charge >= 0.3 is 0 Å². The van der Waals surface area contributed by atoms with Crippen LogP contribution in [-0.4, -0.2) is 61.4 Å². The highest BCUT2D eigenvalue weighted by atomic mass is 32.2. The van der Waals surface area contributed by atoms with E-state index in [1.54, 1.807) is 11.8 Å². The highest BCUT2D eigenvalue weighted by molar-refractivity contribution is 7.98. The number of nitrogens with zero attached hydrogens (tertiary/aromatic N) is 2. The first-order valence-corrected chi connectivity index (χ1v) is 13.0. The van der Waals surface area contributed by atoms with Crippen LogP contribution in [0, 0.1) is 13.8 Å². The van der Waals surface area contributed by atoms with Crippen molar-refractivity contribution in [3.05, 3.63) is 74.6 Å². The van der Waals surface area contributed by atoms with E-state index < -0.39 is 6.04 Å². The third kappa shape index (κ3) is 4.17. The maximum absolute atomic E-state index is 13.7. The molecule has 178 valence electrons. The lowest BCUT2D eigenvalue weighted by atomic mass is 9.97. The number of aryl methyl sites for hydroxylation is 2. The van der Waals surface area contributed by atoms with Crippen molar-refractivity contribution in [2.75, 3.05) is 45.6 Å². The van der Waals surface area contributed by atoms with E-state index in [1.165, 1.54) is 0 Å². The minimum absolute atomic E-state index is 0.109. The zero-order chi connectivity index (χ0) is 23.8. The first-order valence-electron chi connectivity index (χ1n) is 11.8. The van der Waals surface area contributed by atoms with Gasteiger partial charge in [0.2, 0.25) is 5.76 Å². The average Bonchev–Trinajstić information content (AvgIpc) is 3.13. The first kappa shape index (κ1) is 23.1. The van der Waals surface area contributed by atoms with Crippen molar-refractivity contribution in [1.29, 1.82) is 0 Å². The number of amides is 1. The summed E-state index contributed by atoms with van der Waals surface area (Å²) >= 11 is 1.67. The molecule has 1 amide bonds. The van der Waals surface area contributed by atoms with Gasteiger partial charge in [0, 0.05) is 31.1 Å². The van der Waals surface area contributed by atoms with Crippen LogP contribution in [0.4, 0.5) is 0 Å². The van der Waals surface area contributed by atoms with Crippen LogP contribution in [0.1, 0.15) is 45.3 Å². The second kappa shape index (κ2) is 9.56. The molecule has 1 aromatic heterocycles. The van der Waals surface area contributed by atoms with Crippen molar-refractivity contribution in [2.45, 2.75) is 31.2 Å². The summed E-state index contributed by atoms with van der Waals surface area (Å²) in [4.78, 5) is 32.7. The molecule has 1 unspecified atom stereocenters. The van der Waals surface area contributed by atoms with Crippen molar-refractivity contribution in [2.24, 2.45) is 0 Å². The summed E-state index contributed by atoms with van der Waals surface area (Å²) in [6.45, 7) is 8.76. The maximum atomic E-state index is 13.7. The highest BCUT2D eigenvalue weighted by Crippen LogP contribution is 2.39. The Kier molecular flexibility index (Phi) is 6.51. The van der Waals surface area contributed by atoms with Crippen LogP contribution in [0.25, 0.3) is 11.0 Å². The number of carbonyl (C=O) groups excluding carboxylic acids is 1. The summed E-state index contributed by atoms with van der Waals surface area (Å²) < 4.78 is 11.6. The zero-order valence-electron chi connectivity index (χ0n) is 19.9. The van der Waals surface area contributed by atoms with Crippen LogP contribution in [0.15, 0.2) is 50.5 Å². The average molecular weight is 479 g/mol. The Morgan fingerprint density at radius 1 is 1.00 bits per heavy atom. The molecule has 1 atom stereocenters. The van der Waals surface area contributed by atoms with Gasteiger partial charge in [-0.25, -0.2) is 0 Å². The van der Waals surface area contributed by atoms with Gasteiger partial charge in [-0.3, -0.25) is 14.5 Å². The van der Waals surface area contributed by atoms with E-state index in [9.17, 15) is 9.59 Å². The molecule has 0 spiro atoms. The van der Waals surface area contributed by atoms with Crippen molar-refractivity contribution in [3.8, 4) is 0 Å². The molecule has 3 heterocycles. The van der Waals surface area contributed by atoms with E-state index in [0.717, 1.165) is 60.9 Å². The third-order valence-corrected chi connectivity index (χ3v) is 7.73. The molecule has 34 heavy (non-hydrogen) atoms. The van der Waals surface area contributed by atoms with Gasteiger partial charge in [0.15, 0.2) is 5.43 Å². The van der Waals surface area contributed by atoms with E-state index in [2.05, 4.69) is 4.90 Å². The fourth-order valence-electron chi connectivity index (χ4n) is 4.93. The normalized spacial score (nSPS) is 18.6. The molecule has 7 heteroatoms. The summed E-state index contributed by atoms with van der Waals surface area (Å²) in [6, 6.07) is 11.5. The lowest BCUT2D eigenvalue weighted by Gasteiger charge is -2.29. The summed E-state index contributed by atoms with van der Waals surface area (Å²) in [7, 11) is 0. The van der Waals surface area contributed by atoms with Crippen molar-refractivity contribution in [1.82, 2.24) is 9.80 Å². The molecular formula is C27H30N2O4S. The number of hydrogen-bond donors (Lipinski definition) is 0.